The van der Waals surface area contributed by atoms with Crippen LogP contribution in [0, 0.1) is 5.92 Å². The molecule has 3 atom stereocenters. The molecule has 1 heterocycles. The van der Waals surface area contributed by atoms with Crippen LogP contribution >= 0.6 is 0 Å². The van der Waals surface area contributed by atoms with Gasteiger partial charge in [0.25, 0.3) is 5.91 Å². The maximum absolute atomic E-state index is 12.2. The number of hydrogen-bond donors (Lipinski definition) is 1. The molecule has 4 rings (SSSR count). The van der Waals surface area contributed by atoms with E-state index in [9.17, 15) is 4.79 Å². The second-order valence-electron chi connectivity index (χ2n) is 7.06. The van der Waals surface area contributed by atoms with Crippen LogP contribution in [0.4, 0.5) is 0 Å². The van der Waals surface area contributed by atoms with Crippen molar-refractivity contribution in [3.63, 3.8) is 0 Å². The molecule has 1 fully saturated rings. The quantitative estimate of drug-likeness (QED) is 0.520. The maximum atomic E-state index is 12.2. The molecule has 0 unspecified atom stereocenters. The molecule has 27 heavy (non-hydrogen) atoms. The molecular weight excluding hydrogens is 340 g/mol. The monoisotopic (exact) mass is 362 g/mol. The molecule has 1 aliphatic rings. The Hall–Kier alpha value is -3.08. The predicted molar refractivity (Wildman–Crippen MR) is 105 cm³/mol. The van der Waals surface area contributed by atoms with Crippen molar-refractivity contribution in [1.82, 2.24) is 5.43 Å². The lowest BCUT2D eigenvalue weighted by molar-refractivity contribution is -0.127. The molecule has 0 spiro atoms. The Morgan fingerprint density at radius 2 is 2.00 bits per heavy atom. The smallest absolute Gasteiger partial charge is 0.280 e. The zero-order valence-corrected chi connectivity index (χ0v) is 15.4. The highest BCUT2D eigenvalue weighted by molar-refractivity contribution is 5.85. The number of furan rings is 1. The maximum Gasteiger partial charge on any atom is 0.280 e. The van der Waals surface area contributed by atoms with Crippen LogP contribution < -0.4 is 10.2 Å². The van der Waals surface area contributed by atoms with Crippen molar-refractivity contribution in [3.05, 3.63) is 66.1 Å². The first-order valence-corrected chi connectivity index (χ1v) is 9.18. The minimum atomic E-state index is -0.664. The number of hydrogen-bond acceptors (Lipinski definition) is 4. The fourth-order valence-corrected chi connectivity index (χ4v) is 3.10. The average Bonchev–Trinajstić information content (AvgIpc) is 3.22. The van der Waals surface area contributed by atoms with Crippen LogP contribution in [0.3, 0.4) is 0 Å². The van der Waals surface area contributed by atoms with Gasteiger partial charge >= 0.3 is 0 Å². The van der Waals surface area contributed by atoms with E-state index in [-0.39, 0.29) is 5.91 Å². The Balaban J connectivity index is 1.32. The van der Waals surface area contributed by atoms with Gasteiger partial charge < -0.3 is 9.15 Å². The summed E-state index contributed by atoms with van der Waals surface area (Å²) in [7, 11) is 0. The van der Waals surface area contributed by atoms with E-state index in [0.717, 1.165) is 16.5 Å². The number of rotatable bonds is 6. The lowest BCUT2D eigenvalue weighted by Gasteiger charge is -2.13. The van der Waals surface area contributed by atoms with Crippen molar-refractivity contribution in [2.75, 3.05) is 0 Å². The zero-order valence-electron chi connectivity index (χ0n) is 15.4. The van der Waals surface area contributed by atoms with E-state index in [0.29, 0.717) is 23.3 Å². The van der Waals surface area contributed by atoms with Gasteiger partial charge in [-0.15, -0.1) is 0 Å². The summed E-state index contributed by atoms with van der Waals surface area (Å²) in [5.41, 5.74) is 2.50. The van der Waals surface area contributed by atoms with Gasteiger partial charge in [-0.1, -0.05) is 37.3 Å². The third-order valence-corrected chi connectivity index (χ3v) is 4.89. The first kappa shape index (κ1) is 17.3. The SMILES string of the molecule is C[C@@H](Oc1ccc2ccccc2c1)C(=O)N/N=C\c1ccc([C@H]2C[C@@H]2C)o1. The average molecular weight is 362 g/mol. The molecule has 0 aliphatic heterocycles. The summed E-state index contributed by atoms with van der Waals surface area (Å²) in [6.07, 6.45) is 2.02. The summed E-state index contributed by atoms with van der Waals surface area (Å²) in [5.74, 6) is 3.17. The summed E-state index contributed by atoms with van der Waals surface area (Å²) in [6.45, 7) is 3.90. The first-order valence-electron chi connectivity index (χ1n) is 9.18. The molecule has 138 valence electrons. The molecule has 0 radical (unpaired) electrons. The van der Waals surface area contributed by atoms with Crippen molar-refractivity contribution in [3.8, 4) is 5.75 Å². The largest absolute Gasteiger partial charge is 0.481 e. The summed E-state index contributed by atoms with van der Waals surface area (Å²) in [5, 5.41) is 6.17. The predicted octanol–water partition coefficient (Wildman–Crippen LogP) is 4.47. The number of benzene rings is 2. The fourth-order valence-electron chi connectivity index (χ4n) is 3.10. The lowest BCUT2D eigenvalue weighted by atomic mass is 10.1. The van der Waals surface area contributed by atoms with Crippen LogP contribution in [-0.2, 0) is 4.79 Å². The van der Waals surface area contributed by atoms with Crippen molar-refractivity contribution in [1.29, 1.82) is 0 Å². The summed E-state index contributed by atoms with van der Waals surface area (Å²) in [6, 6.07) is 17.6. The van der Waals surface area contributed by atoms with Crippen molar-refractivity contribution in [2.45, 2.75) is 32.3 Å². The van der Waals surface area contributed by atoms with E-state index in [1.807, 2.05) is 54.6 Å². The van der Waals surface area contributed by atoms with Crippen molar-refractivity contribution in [2.24, 2.45) is 11.0 Å². The van der Waals surface area contributed by atoms with Gasteiger partial charge in [0.05, 0.1) is 6.21 Å². The van der Waals surface area contributed by atoms with E-state index >= 15 is 0 Å². The minimum absolute atomic E-state index is 0.318. The molecule has 1 saturated carbocycles. The fraction of sp³-hybridized carbons (Fsp3) is 0.273. The number of nitrogens with zero attached hydrogens (tertiary/aromatic N) is 1. The Bertz CT molecular complexity index is 992. The van der Waals surface area contributed by atoms with Crippen LogP contribution in [0.2, 0.25) is 0 Å². The number of amides is 1. The van der Waals surface area contributed by atoms with Crippen molar-refractivity contribution < 1.29 is 13.9 Å². The van der Waals surface area contributed by atoms with E-state index < -0.39 is 6.10 Å². The van der Waals surface area contributed by atoms with E-state index in [1.54, 1.807) is 6.92 Å². The third-order valence-electron chi connectivity index (χ3n) is 4.89. The highest BCUT2D eigenvalue weighted by Crippen LogP contribution is 2.47. The third kappa shape index (κ3) is 4.03. The Labute approximate surface area is 158 Å². The Kier molecular flexibility index (Phi) is 4.67. The molecule has 1 aliphatic carbocycles. The van der Waals surface area contributed by atoms with Gasteiger partial charge in [0.1, 0.15) is 17.3 Å². The van der Waals surface area contributed by atoms with Gasteiger partial charge in [-0.25, -0.2) is 5.43 Å². The number of carbonyl (C=O) groups is 1. The molecular formula is C22H22N2O3. The summed E-state index contributed by atoms with van der Waals surface area (Å²) >= 11 is 0. The van der Waals surface area contributed by atoms with Gasteiger partial charge in [-0.3, -0.25) is 4.79 Å². The van der Waals surface area contributed by atoms with Gasteiger partial charge in [-0.2, -0.15) is 5.10 Å². The number of ether oxygens (including phenoxy) is 1. The van der Waals surface area contributed by atoms with Crippen LogP contribution in [0.25, 0.3) is 10.8 Å². The highest BCUT2D eigenvalue weighted by Gasteiger charge is 2.36. The van der Waals surface area contributed by atoms with Crippen LogP contribution in [-0.4, -0.2) is 18.2 Å². The van der Waals surface area contributed by atoms with Gasteiger partial charge in [0.15, 0.2) is 6.10 Å². The molecule has 3 aromatic rings. The molecule has 0 bridgehead atoms. The molecule has 5 nitrogen and oxygen atoms in total. The normalized spacial score (nSPS) is 19.9. The molecule has 1 amide bonds. The minimum Gasteiger partial charge on any atom is -0.481 e. The molecule has 1 N–H and O–H groups in total. The van der Waals surface area contributed by atoms with Crippen LogP contribution in [0.15, 0.2) is 64.1 Å². The first-order chi connectivity index (χ1) is 13.1. The van der Waals surface area contributed by atoms with Crippen LogP contribution in [0.5, 0.6) is 5.75 Å². The van der Waals surface area contributed by atoms with E-state index in [2.05, 4.69) is 17.5 Å². The second-order valence-corrected chi connectivity index (χ2v) is 7.06. The zero-order chi connectivity index (χ0) is 18.8. The van der Waals surface area contributed by atoms with Crippen LogP contribution in [0.1, 0.15) is 37.7 Å². The Morgan fingerprint density at radius 1 is 1.22 bits per heavy atom. The summed E-state index contributed by atoms with van der Waals surface area (Å²) in [4.78, 5) is 12.2. The lowest BCUT2D eigenvalue weighted by Crippen LogP contribution is -2.33. The van der Waals surface area contributed by atoms with E-state index in [4.69, 9.17) is 9.15 Å². The second kappa shape index (κ2) is 7.27. The molecule has 1 aromatic heterocycles. The summed E-state index contributed by atoms with van der Waals surface area (Å²) < 4.78 is 11.5. The topological polar surface area (TPSA) is 63.8 Å². The number of fused-ring (bicyclic) bond motifs is 1. The Morgan fingerprint density at radius 3 is 2.78 bits per heavy atom. The van der Waals surface area contributed by atoms with Gasteiger partial charge in [0.2, 0.25) is 0 Å². The highest BCUT2D eigenvalue weighted by atomic mass is 16.5. The molecule has 0 saturated heterocycles. The number of hydrazone groups is 1. The van der Waals surface area contributed by atoms with Gasteiger partial charge in [-0.05, 0) is 54.3 Å². The van der Waals surface area contributed by atoms with Crippen molar-refractivity contribution >= 4 is 22.9 Å². The van der Waals surface area contributed by atoms with E-state index in [1.165, 1.54) is 12.6 Å². The molecule has 5 heteroatoms. The number of nitrogens with one attached hydrogen (secondary N) is 1. The van der Waals surface area contributed by atoms with Gasteiger partial charge in [0, 0.05) is 5.92 Å². The standard InChI is InChI=1S/C22H22N2O3/c1-14-11-20(14)21-10-9-19(27-21)13-23-24-22(25)15(2)26-18-8-7-16-5-3-4-6-17(16)12-18/h3-10,12-15,20H,11H2,1-2H3,(H,24,25)/b23-13-/t14-,15+,20-/m0/s1. The number of carbonyl (C=O) groups excluding carboxylic acids is 1. The molecule has 2 aromatic carbocycles.